The van der Waals surface area contributed by atoms with Gasteiger partial charge in [-0.25, -0.2) is 0 Å². The van der Waals surface area contributed by atoms with Crippen molar-refractivity contribution >= 4 is 0 Å². The third kappa shape index (κ3) is 4.37. The molecule has 1 heterocycles. The average molecular weight is 260 g/mol. The van der Waals surface area contributed by atoms with Crippen molar-refractivity contribution in [2.75, 3.05) is 6.54 Å². The first-order chi connectivity index (χ1) is 9.28. The van der Waals surface area contributed by atoms with E-state index < -0.39 is 0 Å². The van der Waals surface area contributed by atoms with Gasteiger partial charge in [0, 0.05) is 13.6 Å². The molecular formula is C14H20N4O. The number of rotatable bonds is 7. The van der Waals surface area contributed by atoms with E-state index in [1.807, 2.05) is 25.4 Å². The minimum Gasteiger partial charge on any atom is -0.487 e. The molecule has 0 fully saturated rings. The molecule has 0 spiro atoms. The van der Waals surface area contributed by atoms with Crippen molar-refractivity contribution in [1.29, 1.82) is 0 Å². The molecule has 1 aromatic carbocycles. The van der Waals surface area contributed by atoms with Gasteiger partial charge in [0.1, 0.15) is 18.1 Å². The van der Waals surface area contributed by atoms with E-state index in [0.29, 0.717) is 6.61 Å². The number of hydrogen-bond donors (Lipinski definition) is 1. The lowest BCUT2D eigenvalue weighted by Gasteiger charge is -2.07. The van der Waals surface area contributed by atoms with Crippen molar-refractivity contribution in [1.82, 2.24) is 20.3 Å². The van der Waals surface area contributed by atoms with Gasteiger partial charge in [-0.1, -0.05) is 24.3 Å². The molecule has 0 aliphatic heterocycles. The van der Waals surface area contributed by atoms with E-state index in [4.69, 9.17) is 4.74 Å². The average Bonchev–Trinajstić information content (AvgIpc) is 2.83. The fraction of sp³-hybridized carbons (Fsp3) is 0.429. The van der Waals surface area contributed by atoms with Crippen LogP contribution in [-0.4, -0.2) is 21.5 Å². The molecule has 0 amide bonds. The highest BCUT2D eigenvalue weighted by atomic mass is 16.5. The quantitative estimate of drug-likeness (QED) is 0.772. The van der Waals surface area contributed by atoms with Crippen molar-refractivity contribution in [3.8, 4) is 5.75 Å². The summed E-state index contributed by atoms with van der Waals surface area (Å²) in [7, 11) is 1.84. The van der Waals surface area contributed by atoms with E-state index in [1.54, 1.807) is 4.68 Å². The highest BCUT2D eigenvalue weighted by Crippen LogP contribution is 2.14. The van der Waals surface area contributed by atoms with Gasteiger partial charge in [0.05, 0.1) is 6.20 Å². The minimum atomic E-state index is 0.444. The minimum absolute atomic E-state index is 0.444. The molecule has 0 saturated carbocycles. The van der Waals surface area contributed by atoms with Crippen LogP contribution in [0.4, 0.5) is 0 Å². The molecule has 0 aliphatic rings. The third-order valence-electron chi connectivity index (χ3n) is 2.69. The summed E-state index contributed by atoms with van der Waals surface area (Å²) in [5.41, 5.74) is 2.06. The van der Waals surface area contributed by atoms with Gasteiger partial charge < -0.3 is 10.1 Å². The molecule has 0 atom stereocenters. The van der Waals surface area contributed by atoms with Crippen LogP contribution in [0.5, 0.6) is 5.75 Å². The molecule has 0 aliphatic carbocycles. The molecule has 0 saturated heterocycles. The summed E-state index contributed by atoms with van der Waals surface area (Å²) in [6.07, 6.45) is 3.00. The van der Waals surface area contributed by atoms with E-state index >= 15 is 0 Å². The largest absolute Gasteiger partial charge is 0.487 e. The molecule has 2 rings (SSSR count). The summed E-state index contributed by atoms with van der Waals surface area (Å²) in [4.78, 5) is 0. The number of aryl methyl sites for hydroxylation is 1. The SMILES string of the molecule is CCCNCc1cccc(OCc2cn(C)nn2)c1. The van der Waals surface area contributed by atoms with E-state index in [0.717, 1.165) is 31.0 Å². The molecule has 1 N–H and O–H groups in total. The monoisotopic (exact) mass is 260 g/mol. The second-order valence-corrected chi connectivity index (χ2v) is 4.50. The van der Waals surface area contributed by atoms with E-state index in [-0.39, 0.29) is 0 Å². The Hall–Kier alpha value is -1.88. The van der Waals surface area contributed by atoms with Crippen LogP contribution in [-0.2, 0) is 20.2 Å². The maximum atomic E-state index is 5.71. The maximum Gasteiger partial charge on any atom is 0.134 e. The summed E-state index contributed by atoms with van der Waals surface area (Å²) in [5.74, 6) is 0.862. The standard InChI is InChI=1S/C14H20N4O/c1-3-7-15-9-12-5-4-6-14(8-12)19-11-13-10-18(2)17-16-13/h4-6,8,10,15H,3,7,9,11H2,1-2H3. The molecule has 5 nitrogen and oxygen atoms in total. The summed E-state index contributed by atoms with van der Waals surface area (Å²) in [5, 5.41) is 11.2. The van der Waals surface area contributed by atoms with Gasteiger partial charge in [0.25, 0.3) is 0 Å². The van der Waals surface area contributed by atoms with Gasteiger partial charge in [-0.05, 0) is 30.7 Å². The Kier molecular flexibility index (Phi) is 4.92. The Bertz CT molecular complexity index is 510. The van der Waals surface area contributed by atoms with Crippen molar-refractivity contribution in [3.63, 3.8) is 0 Å². The second kappa shape index (κ2) is 6.89. The highest BCUT2D eigenvalue weighted by Gasteiger charge is 2.01. The molecule has 0 bridgehead atoms. The van der Waals surface area contributed by atoms with E-state index in [2.05, 4.69) is 34.7 Å². The summed E-state index contributed by atoms with van der Waals surface area (Å²) >= 11 is 0. The Morgan fingerprint density at radius 2 is 2.26 bits per heavy atom. The number of ether oxygens (including phenoxy) is 1. The number of nitrogens with zero attached hydrogens (tertiary/aromatic N) is 3. The molecule has 0 radical (unpaired) electrons. The van der Waals surface area contributed by atoms with E-state index in [9.17, 15) is 0 Å². The van der Waals surface area contributed by atoms with Gasteiger partial charge in [0.2, 0.25) is 0 Å². The Labute approximate surface area is 113 Å². The third-order valence-corrected chi connectivity index (χ3v) is 2.69. The van der Waals surface area contributed by atoms with Crippen LogP contribution in [0.1, 0.15) is 24.6 Å². The molecule has 19 heavy (non-hydrogen) atoms. The van der Waals surface area contributed by atoms with Gasteiger partial charge in [-0.15, -0.1) is 5.10 Å². The molecule has 5 heteroatoms. The highest BCUT2D eigenvalue weighted by molar-refractivity contribution is 5.28. The van der Waals surface area contributed by atoms with Crippen LogP contribution < -0.4 is 10.1 Å². The first kappa shape index (κ1) is 13.5. The Morgan fingerprint density at radius 3 is 3.00 bits per heavy atom. The topological polar surface area (TPSA) is 52.0 Å². The fourth-order valence-electron chi connectivity index (χ4n) is 1.77. The normalized spacial score (nSPS) is 10.6. The number of nitrogens with one attached hydrogen (secondary N) is 1. The predicted octanol–water partition coefficient (Wildman–Crippen LogP) is 1.89. The lowest BCUT2D eigenvalue weighted by atomic mass is 10.2. The smallest absolute Gasteiger partial charge is 0.134 e. The number of hydrogen-bond acceptors (Lipinski definition) is 4. The van der Waals surface area contributed by atoms with Gasteiger partial charge in [-0.3, -0.25) is 4.68 Å². The molecule has 1 aromatic heterocycles. The van der Waals surface area contributed by atoms with Crippen molar-refractivity contribution < 1.29 is 4.74 Å². The lowest BCUT2D eigenvalue weighted by molar-refractivity contribution is 0.301. The fourth-order valence-corrected chi connectivity index (χ4v) is 1.77. The van der Waals surface area contributed by atoms with Crippen LogP contribution in [0.25, 0.3) is 0 Å². The van der Waals surface area contributed by atoms with Crippen LogP contribution in [0.3, 0.4) is 0 Å². The van der Waals surface area contributed by atoms with Crippen molar-refractivity contribution in [2.24, 2.45) is 7.05 Å². The zero-order chi connectivity index (χ0) is 13.5. The first-order valence-corrected chi connectivity index (χ1v) is 6.55. The lowest BCUT2D eigenvalue weighted by Crippen LogP contribution is -2.13. The predicted molar refractivity (Wildman–Crippen MR) is 73.8 cm³/mol. The van der Waals surface area contributed by atoms with Gasteiger partial charge in [0.15, 0.2) is 0 Å². The van der Waals surface area contributed by atoms with Crippen molar-refractivity contribution in [2.45, 2.75) is 26.5 Å². The molecular weight excluding hydrogens is 240 g/mol. The van der Waals surface area contributed by atoms with Crippen molar-refractivity contribution in [3.05, 3.63) is 41.7 Å². The number of benzene rings is 1. The van der Waals surface area contributed by atoms with Crippen LogP contribution >= 0.6 is 0 Å². The maximum absolute atomic E-state index is 5.71. The first-order valence-electron chi connectivity index (χ1n) is 6.55. The summed E-state index contributed by atoms with van der Waals surface area (Å²) in [6, 6.07) is 8.12. The Balaban J connectivity index is 1.87. The van der Waals surface area contributed by atoms with Crippen LogP contribution in [0, 0.1) is 0 Å². The second-order valence-electron chi connectivity index (χ2n) is 4.50. The van der Waals surface area contributed by atoms with Crippen LogP contribution in [0.15, 0.2) is 30.5 Å². The molecule has 2 aromatic rings. The Morgan fingerprint density at radius 1 is 1.37 bits per heavy atom. The van der Waals surface area contributed by atoms with Crippen LogP contribution in [0.2, 0.25) is 0 Å². The zero-order valence-corrected chi connectivity index (χ0v) is 11.5. The molecule has 0 unspecified atom stereocenters. The molecule has 102 valence electrons. The summed E-state index contributed by atoms with van der Waals surface area (Å²) < 4.78 is 7.38. The van der Waals surface area contributed by atoms with Gasteiger partial charge in [-0.2, -0.15) is 0 Å². The zero-order valence-electron chi connectivity index (χ0n) is 11.5. The van der Waals surface area contributed by atoms with E-state index in [1.165, 1.54) is 5.56 Å². The number of aromatic nitrogens is 3. The summed E-state index contributed by atoms with van der Waals surface area (Å²) in [6.45, 7) is 4.51. The van der Waals surface area contributed by atoms with Gasteiger partial charge >= 0.3 is 0 Å².